The highest BCUT2D eigenvalue weighted by atomic mass is 32.2. The number of nitrogens with zero attached hydrogens (tertiary/aromatic N) is 2. The third kappa shape index (κ3) is 4.55. The normalized spacial score (nSPS) is 13.5. The van der Waals surface area contributed by atoms with Crippen LogP contribution < -0.4 is 15.8 Å². The van der Waals surface area contributed by atoms with E-state index in [9.17, 15) is 8.42 Å². The Morgan fingerprint density at radius 1 is 1.14 bits per heavy atom. The van der Waals surface area contributed by atoms with E-state index < -0.39 is 10.0 Å². The first-order chi connectivity index (χ1) is 13.9. The molecule has 1 aromatic heterocycles. The number of anilines is 3. The van der Waals surface area contributed by atoms with E-state index in [0.717, 1.165) is 39.5 Å². The highest BCUT2D eigenvalue weighted by Gasteiger charge is 2.10. The Bertz CT molecular complexity index is 1250. The van der Waals surface area contributed by atoms with Gasteiger partial charge in [-0.15, -0.1) is 0 Å². The number of allylic oxidation sites excluding steroid dienone is 1. The molecule has 4 rings (SSSR count). The second-order valence-corrected chi connectivity index (χ2v) is 8.68. The number of fused-ring (bicyclic) bond motifs is 1. The minimum absolute atomic E-state index is 0.432. The molecule has 4 N–H and O–H groups in total. The summed E-state index contributed by atoms with van der Waals surface area (Å²) in [5.74, 6) is 0.432. The van der Waals surface area contributed by atoms with Crippen LogP contribution >= 0.6 is 0 Å². The highest BCUT2D eigenvalue weighted by Crippen LogP contribution is 2.28. The van der Waals surface area contributed by atoms with Gasteiger partial charge < -0.3 is 11.1 Å². The van der Waals surface area contributed by atoms with E-state index >= 15 is 0 Å². The SMILES string of the molecule is CS(=O)(=O)Nc1cccc(CNc2cc(N)nc3cc(C4=CC=NC4)ccc23)c1. The Balaban J connectivity index is 1.59. The Labute approximate surface area is 169 Å². The maximum atomic E-state index is 11.4. The van der Waals surface area contributed by atoms with Crippen LogP contribution in [0.1, 0.15) is 11.1 Å². The van der Waals surface area contributed by atoms with Gasteiger partial charge in [0.05, 0.1) is 18.3 Å². The van der Waals surface area contributed by atoms with Gasteiger partial charge in [0.25, 0.3) is 0 Å². The molecule has 8 heteroatoms. The smallest absolute Gasteiger partial charge is 0.229 e. The molecule has 3 aromatic rings. The summed E-state index contributed by atoms with van der Waals surface area (Å²) in [6, 6.07) is 15.2. The fourth-order valence-electron chi connectivity index (χ4n) is 3.28. The number of rotatable bonds is 6. The maximum Gasteiger partial charge on any atom is 0.229 e. The van der Waals surface area contributed by atoms with Crippen LogP contribution in [0.5, 0.6) is 0 Å². The van der Waals surface area contributed by atoms with Crippen molar-refractivity contribution in [3.63, 3.8) is 0 Å². The van der Waals surface area contributed by atoms with Crippen molar-refractivity contribution in [3.05, 3.63) is 65.7 Å². The first-order valence-electron chi connectivity index (χ1n) is 9.08. The zero-order chi connectivity index (χ0) is 20.4. The van der Waals surface area contributed by atoms with Crippen LogP contribution in [0.4, 0.5) is 17.2 Å². The molecular weight excluding hydrogens is 386 g/mol. The van der Waals surface area contributed by atoms with Crippen LogP contribution in [-0.4, -0.2) is 32.4 Å². The predicted molar refractivity (Wildman–Crippen MR) is 120 cm³/mol. The largest absolute Gasteiger partial charge is 0.384 e. The standard InChI is InChI=1S/C21H21N5O2S/c1-29(27,28)26-17-4-2-3-14(9-17)12-24-19-11-21(22)25-20-10-15(5-6-18(19)20)16-7-8-23-13-16/h2-11,26H,12-13H2,1H3,(H3,22,24,25). The molecule has 29 heavy (non-hydrogen) atoms. The molecule has 0 aliphatic carbocycles. The minimum Gasteiger partial charge on any atom is -0.384 e. The Kier molecular flexibility index (Phi) is 4.94. The average molecular weight is 407 g/mol. The number of hydrogen-bond donors (Lipinski definition) is 3. The van der Waals surface area contributed by atoms with Crippen molar-refractivity contribution in [2.24, 2.45) is 4.99 Å². The number of pyridine rings is 1. The number of benzene rings is 2. The first kappa shape index (κ1) is 18.9. The van der Waals surface area contributed by atoms with Gasteiger partial charge in [-0.1, -0.05) is 24.3 Å². The van der Waals surface area contributed by atoms with Crippen LogP contribution in [-0.2, 0) is 16.6 Å². The van der Waals surface area contributed by atoms with Gasteiger partial charge in [0.15, 0.2) is 0 Å². The monoisotopic (exact) mass is 407 g/mol. The molecule has 7 nitrogen and oxygen atoms in total. The molecule has 1 aliphatic rings. The Hall–Kier alpha value is -3.39. The van der Waals surface area contributed by atoms with Crippen molar-refractivity contribution in [2.45, 2.75) is 6.54 Å². The number of aromatic nitrogens is 1. The minimum atomic E-state index is -3.32. The van der Waals surface area contributed by atoms with Crippen molar-refractivity contribution < 1.29 is 8.42 Å². The summed E-state index contributed by atoms with van der Waals surface area (Å²) in [4.78, 5) is 8.70. The van der Waals surface area contributed by atoms with E-state index in [-0.39, 0.29) is 0 Å². The molecule has 0 spiro atoms. The lowest BCUT2D eigenvalue weighted by Gasteiger charge is -2.13. The Morgan fingerprint density at radius 3 is 2.76 bits per heavy atom. The summed E-state index contributed by atoms with van der Waals surface area (Å²) >= 11 is 0. The third-order valence-corrected chi connectivity index (χ3v) is 5.16. The van der Waals surface area contributed by atoms with E-state index in [0.29, 0.717) is 24.6 Å². The summed E-state index contributed by atoms with van der Waals surface area (Å²) in [5.41, 5.74) is 11.4. The van der Waals surface area contributed by atoms with E-state index in [2.05, 4.69) is 26.1 Å². The van der Waals surface area contributed by atoms with Crippen LogP contribution in [0, 0.1) is 0 Å². The zero-order valence-corrected chi connectivity index (χ0v) is 16.7. The molecule has 0 fully saturated rings. The maximum absolute atomic E-state index is 11.4. The second-order valence-electron chi connectivity index (χ2n) is 6.94. The van der Waals surface area contributed by atoms with Crippen molar-refractivity contribution >= 4 is 49.9 Å². The average Bonchev–Trinajstić information content (AvgIpc) is 3.19. The van der Waals surface area contributed by atoms with E-state index in [4.69, 9.17) is 5.73 Å². The van der Waals surface area contributed by atoms with Crippen molar-refractivity contribution in [3.8, 4) is 0 Å². The number of nitrogens with two attached hydrogens (primary N) is 1. The van der Waals surface area contributed by atoms with Gasteiger partial charge in [-0.3, -0.25) is 9.71 Å². The fourth-order valence-corrected chi connectivity index (χ4v) is 3.84. The molecule has 1 aliphatic heterocycles. The molecule has 0 amide bonds. The van der Waals surface area contributed by atoms with E-state index in [1.165, 1.54) is 0 Å². The molecular formula is C21H21N5O2S. The molecule has 2 heterocycles. The van der Waals surface area contributed by atoms with Gasteiger partial charge in [-0.2, -0.15) is 0 Å². The van der Waals surface area contributed by atoms with Crippen LogP contribution in [0.2, 0.25) is 0 Å². The lowest BCUT2D eigenvalue weighted by molar-refractivity contribution is 0.607. The third-order valence-electron chi connectivity index (χ3n) is 4.56. The topological polar surface area (TPSA) is 109 Å². The molecule has 0 saturated heterocycles. The van der Waals surface area contributed by atoms with Gasteiger partial charge >= 0.3 is 0 Å². The van der Waals surface area contributed by atoms with Gasteiger partial charge in [0, 0.05) is 35.6 Å². The van der Waals surface area contributed by atoms with Gasteiger partial charge in [-0.05, 0) is 41.0 Å². The number of hydrogen-bond acceptors (Lipinski definition) is 6. The quantitative estimate of drug-likeness (QED) is 0.581. The summed E-state index contributed by atoms with van der Waals surface area (Å²) in [7, 11) is -3.32. The number of sulfonamides is 1. The summed E-state index contributed by atoms with van der Waals surface area (Å²) in [6.07, 6.45) is 4.95. The molecule has 0 radical (unpaired) electrons. The Morgan fingerprint density at radius 2 is 2.00 bits per heavy atom. The molecule has 2 aromatic carbocycles. The summed E-state index contributed by atoms with van der Waals surface area (Å²) in [5, 5.41) is 4.35. The van der Waals surface area contributed by atoms with Gasteiger partial charge in [-0.25, -0.2) is 13.4 Å². The number of nitrogen functional groups attached to an aromatic ring is 1. The molecule has 0 saturated carbocycles. The fraction of sp³-hybridized carbons (Fsp3) is 0.143. The highest BCUT2D eigenvalue weighted by molar-refractivity contribution is 7.92. The van der Waals surface area contributed by atoms with Crippen molar-refractivity contribution in [2.75, 3.05) is 28.6 Å². The van der Waals surface area contributed by atoms with Crippen molar-refractivity contribution in [1.29, 1.82) is 0 Å². The molecule has 0 atom stereocenters. The predicted octanol–water partition coefficient (Wildman–Crippen LogP) is 3.27. The van der Waals surface area contributed by atoms with Gasteiger partial charge in [0.1, 0.15) is 5.82 Å². The summed E-state index contributed by atoms with van der Waals surface area (Å²) < 4.78 is 25.4. The molecule has 0 bridgehead atoms. The first-order valence-corrected chi connectivity index (χ1v) is 11.0. The van der Waals surface area contributed by atoms with Crippen LogP contribution in [0.3, 0.4) is 0 Å². The molecule has 0 unspecified atom stereocenters. The summed E-state index contributed by atoms with van der Waals surface area (Å²) in [6.45, 7) is 1.19. The van der Waals surface area contributed by atoms with Crippen LogP contribution in [0.15, 0.2) is 59.6 Å². The lowest BCUT2D eigenvalue weighted by atomic mass is 10.0. The lowest BCUT2D eigenvalue weighted by Crippen LogP contribution is -2.10. The van der Waals surface area contributed by atoms with E-state index in [1.807, 2.05) is 36.6 Å². The number of nitrogens with one attached hydrogen (secondary N) is 2. The van der Waals surface area contributed by atoms with Crippen molar-refractivity contribution in [1.82, 2.24) is 4.98 Å². The van der Waals surface area contributed by atoms with Gasteiger partial charge in [0.2, 0.25) is 10.0 Å². The molecule has 148 valence electrons. The number of aliphatic imine (C=N–C) groups is 1. The van der Waals surface area contributed by atoms with E-state index in [1.54, 1.807) is 18.2 Å². The second kappa shape index (κ2) is 7.56. The zero-order valence-electron chi connectivity index (χ0n) is 15.9. The van der Waals surface area contributed by atoms with Crippen LogP contribution in [0.25, 0.3) is 16.5 Å².